The molecule has 1 aliphatic rings. The molecule has 0 fully saturated rings. The van der Waals surface area contributed by atoms with Crippen LogP contribution in [0.4, 0.5) is 5.00 Å². The molecule has 1 aromatic carbocycles. The molecule has 5 nitrogen and oxygen atoms in total. The van der Waals surface area contributed by atoms with Gasteiger partial charge in [0.25, 0.3) is 0 Å². The minimum absolute atomic E-state index is 0.0675. The van der Waals surface area contributed by atoms with Gasteiger partial charge < -0.3 is 10.6 Å². The number of benzene rings is 1. The number of amides is 1. The number of carbonyl (C=O) groups excluding carboxylic acids is 1. The van der Waals surface area contributed by atoms with Gasteiger partial charge in [0.05, 0.1) is 10.2 Å². The first kappa shape index (κ1) is 22.4. The number of aromatic nitrogens is 1. The molecule has 0 saturated heterocycles. The van der Waals surface area contributed by atoms with Crippen molar-refractivity contribution in [1.29, 1.82) is 0 Å². The molecule has 31 heavy (non-hydrogen) atoms. The van der Waals surface area contributed by atoms with E-state index in [1.807, 2.05) is 6.07 Å². The minimum Gasteiger partial charge on any atom is -0.317 e. The topological polar surface area (TPSA) is 57.3 Å². The minimum atomic E-state index is 0.0675. The molecule has 2 aromatic heterocycles. The van der Waals surface area contributed by atoms with Crippen molar-refractivity contribution in [3.05, 3.63) is 34.7 Å². The van der Waals surface area contributed by atoms with Crippen molar-refractivity contribution in [3.8, 4) is 10.6 Å². The van der Waals surface area contributed by atoms with E-state index in [4.69, 9.17) is 4.98 Å². The number of carbonyl (C=O) groups is 1. The second-order valence-electron chi connectivity index (χ2n) is 8.91. The van der Waals surface area contributed by atoms with Crippen LogP contribution in [0.3, 0.4) is 0 Å². The number of anilines is 1. The molecule has 1 amide bonds. The monoisotopic (exact) mass is 456 g/mol. The van der Waals surface area contributed by atoms with Crippen LogP contribution in [-0.4, -0.2) is 41.5 Å². The third kappa shape index (κ3) is 5.17. The van der Waals surface area contributed by atoms with E-state index in [1.165, 1.54) is 15.1 Å². The number of hydrogen-bond acceptors (Lipinski definition) is 6. The number of hydrogen-bond donors (Lipinski definition) is 2. The van der Waals surface area contributed by atoms with Crippen LogP contribution in [0.1, 0.15) is 44.6 Å². The number of nitrogens with one attached hydrogen (secondary N) is 2. The quantitative estimate of drug-likeness (QED) is 0.448. The highest BCUT2D eigenvalue weighted by atomic mass is 32.1. The van der Waals surface area contributed by atoms with E-state index in [0.717, 1.165) is 47.1 Å². The van der Waals surface area contributed by atoms with Crippen LogP contribution in [0.5, 0.6) is 0 Å². The zero-order chi connectivity index (χ0) is 22.0. The molecule has 0 radical (unpaired) electrons. The van der Waals surface area contributed by atoms with Gasteiger partial charge in [-0.3, -0.25) is 9.69 Å². The molecule has 3 heterocycles. The molecule has 2 N–H and O–H groups in total. The van der Waals surface area contributed by atoms with Crippen LogP contribution in [-0.2, 0) is 17.8 Å². The van der Waals surface area contributed by atoms with Crippen molar-refractivity contribution in [2.75, 3.05) is 25.0 Å². The predicted octanol–water partition coefficient (Wildman–Crippen LogP) is 5.37. The molecule has 3 aromatic rings. The standard InChI is InChI=1S/C24H32N4OS2/c1-15(2)13-25-11-9-21(29)27-24-22(23-26-18-7-5-6-8-19(18)30-23)17-10-12-28(16(3)4)14-20(17)31-24/h5-8,15-16,25H,9-14H2,1-4H3,(H,27,29). The van der Waals surface area contributed by atoms with Gasteiger partial charge in [-0.1, -0.05) is 26.0 Å². The number of thiophene rings is 1. The van der Waals surface area contributed by atoms with E-state index in [9.17, 15) is 4.79 Å². The van der Waals surface area contributed by atoms with Crippen molar-refractivity contribution in [1.82, 2.24) is 15.2 Å². The van der Waals surface area contributed by atoms with Crippen LogP contribution < -0.4 is 10.6 Å². The first-order valence-electron chi connectivity index (χ1n) is 11.2. The Hall–Kier alpha value is -1.80. The molecule has 0 spiro atoms. The van der Waals surface area contributed by atoms with Crippen LogP contribution in [0, 0.1) is 5.92 Å². The summed E-state index contributed by atoms with van der Waals surface area (Å²) in [5.74, 6) is 0.652. The van der Waals surface area contributed by atoms with Crippen molar-refractivity contribution >= 4 is 43.8 Å². The van der Waals surface area contributed by atoms with Crippen LogP contribution >= 0.6 is 22.7 Å². The fourth-order valence-corrected chi connectivity index (χ4v) is 6.34. The Kier molecular flexibility index (Phi) is 7.06. The van der Waals surface area contributed by atoms with E-state index < -0.39 is 0 Å². The molecular weight excluding hydrogens is 424 g/mol. The smallest absolute Gasteiger partial charge is 0.226 e. The summed E-state index contributed by atoms with van der Waals surface area (Å²) in [4.78, 5) is 21.5. The summed E-state index contributed by atoms with van der Waals surface area (Å²) in [5, 5.41) is 8.57. The lowest BCUT2D eigenvalue weighted by molar-refractivity contribution is -0.116. The lowest BCUT2D eigenvalue weighted by atomic mass is 10.0. The molecule has 0 atom stereocenters. The Bertz CT molecular complexity index is 1020. The summed E-state index contributed by atoms with van der Waals surface area (Å²) < 4.78 is 1.19. The van der Waals surface area contributed by atoms with Crippen LogP contribution in [0.2, 0.25) is 0 Å². The second kappa shape index (κ2) is 9.77. The first-order valence-corrected chi connectivity index (χ1v) is 12.8. The molecule has 0 aliphatic carbocycles. The van der Waals surface area contributed by atoms with Crippen molar-refractivity contribution in [2.24, 2.45) is 5.92 Å². The van der Waals surface area contributed by atoms with Gasteiger partial charge in [-0.2, -0.15) is 0 Å². The third-order valence-corrected chi connectivity index (χ3v) is 7.84. The fraction of sp³-hybridized carbons (Fsp3) is 0.500. The lowest BCUT2D eigenvalue weighted by Crippen LogP contribution is -2.35. The van der Waals surface area contributed by atoms with Gasteiger partial charge in [0.15, 0.2) is 0 Å². The SMILES string of the molecule is CC(C)CNCCC(=O)Nc1sc2c(c1-c1nc3ccccc3s1)CCN(C(C)C)C2. The lowest BCUT2D eigenvalue weighted by Gasteiger charge is -2.30. The molecule has 1 aliphatic heterocycles. The van der Waals surface area contributed by atoms with Gasteiger partial charge in [0, 0.05) is 42.5 Å². The molecule has 4 rings (SSSR count). The van der Waals surface area contributed by atoms with Gasteiger partial charge in [-0.15, -0.1) is 22.7 Å². The summed E-state index contributed by atoms with van der Waals surface area (Å²) in [7, 11) is 0. The van der Waals surface area contributed by atoms with Crippen molar-refractivity contribution < 1.29 is 4.79 Å². The first-order chi connectivity index (χ1) is 14.9. The second-order valence-corrected chi connectivity index (χ2v) is 11.0. The number of para-hydroxylation sites is 1. The maximum absolute atomic E-state index is 12.7. The number of fused-ring (bicyclic) bond motifs is 2. The van der Waals surface area contributed by atoms with Crippen LogP contribution in [0.25, 0.3) is 20.8 Å². The summed E-state index contributed by atoms with van der Waals surface area (Å²) in [6, 6.07) is 8.79. The maximum Gasteiger partial charge on any atom is 0.226 e. The highest BCUT2D eigenvalue weighted by molar-refractivity contribution is 7.22. The maximum atomic E-state index is 12.7. The Balaban J connectivity index is 1.61. The molecule has 7 heteroatoms. The summed E-state index contributed by atoms with van der Waals surface area (Å²) in [6.45, 7) is 12.5. The highest BCUT2D eigenvalue weighted by Crippen LogP contribution is 2.45. The average molecular weight is 457 g/mol. The predicted molar refractivity (Wildman–Crippen MR) is 133 cm³/mol. The Morgan fingerprint density at radius 1 is 1.19 bits per heavy atom. The zero-order valence-corrected chi connectivity index (χ0v) is 20.5. The van der Waals surface area contributed by atoms with E-state index in [-0.39, 0.29) is 5.91 Å². The van der Waals surface area contributed by atoms with Gasteiger partial charge in [0.1, 0.15) is 10.0 Å². The fourth-order valence-electron chi connectivity index (χ4n) is 3.94. The van der Waals surface area contributed by atoms with Crippen molar-refractivity contribution in [2.45, 2.75) is 53.1 Å². The van der Waals surface area contributed by atoms with E-state index >= 15 is 0 Å². The average Bonchev–Trinajstić information content (AvgIpc) is 3.30. The van der Waals surface area contributed by atoms with Crippen LogP contribution in [0.15, 0.2) is 24.3 Å². The molecule has 0 bridgehead atoms. The Labute approximate surface area is 192 Å². The normalized spacial score (nSPS) is 14.5. The van der Waals surface area contributed by atoms with Gasteiger partial charge in [-0.05, 0) is 50.4 Å². The third-order valence-electron chi connectivity index (χ3n) is 5.66. The molecule has 0 saturated carbocycles. The zero-order valence-electron chi connectivity index (χ0n) is 18.8. The Morgan fingerprint density at radius 2 is 2.00 bits per heavy atom. The summed E-state index contributed by atoms with van der Waals surface area (Å²) in [6.07, 6.45) is 1.48. The number of rotatable bonds is 8. The largest absolute Gasteiger partial charge is 0.317 e. The van der Waals surface area contributed by atoms with E-state index in [2.05, 4.69) is 61.4 Å². The Morgan fingerprint density at radius 3 is 2.74 bits per heavy atom. The van der Waals surface area contributed by atoms with Gasteiger partial charge >= 0.3 is 0 Å². The molecular formula is C24H32N4OS2. The van der Waals surface area contributed by atoms with E-state index in [0.29, 0.717) is 24.9 Å². The van der Waals surface area contributed by atoms with E-state index in [1.54, 1.807) is 22.7 Å². The van der Waals surface area contributed by atoms with Gasteiger partial charge in [0.2, 0.25) is 5.91 Å². The number of nitrogens with zero attached hydrogens (tertiary/aromatic N) is 2. The molecule has 0 unspecified atom stereocenters. The van der Waals surface area contributed by atoms with Gasteiger partial charge in [-0.25, -0.2) is 4.98 Å². The summed E-state index contributed by atoms with van der Waals surface area (Å²) in [5.41, 5.74) is 3.54. The molecule has 166 valence electrons. The highest BCUT2D eigenvalue weighted by Gasteiger charge is 2.28. The number of thiazole rings is 1. The summed E-state index contributed by atoms with van der Waals surface area (Å²) >= 11 is 3.45. The van der Waals surface area contributed by atoms with Crippen molar-refractivity contribution in [3.63, 3.8) is 0 Å².